The van der Waals surface area contributed by atoms with Crippen molar-refractivity contribution in [3.63, 3.8) is 0 Å². The van der Waals surface area contributed by atoms with Gasteiger partial charge in [0.2, 0.25) is 0 Å². The van der Waals surface area contributed by atoms with Gasteiger partial charge in [0.15, 0.2) is 0 Å². The molecule has 19 heavy (non-hydrogen) atoms. The highest BCUT2D eigenvalue weighted by molar-refractivity contribution is 5.94. The molecule has 0 spiro atoms. The number of carboxylic acids is 1. The fraction of sp³-hybridized carbons (Fsp3) is 0.467. The molecule has 1 aliphatic rings. The van der Waals surface area contributed by atoms with Gasteiger partial charge >= 0.3 is 5.97 Å². The Morgan fingerprint density at radius 2 is 1.84 bits per heavy atom. The zero-order valence-electron chi connectivity index (χ0n) is 11.3. The summed E-state index contributed by atoms with van der Waals surface area (Å²) >= 11 is 0. The minimum atomic E-state index is -0.817. The SMILES string of the molecule is CC(C)c1ccc(C(=O)NCC2(C(=O)O)CC2)cc1. The molecule has 0 radical (unpaired) electrons. The van der Waals surface area contributed by atoms with E-state index in [0.29, 0.717) is 24.3 Å². The number of aliphatic carboxylic acids is 1. The molecule has 1 fully saturated rings. The molecule has 0 aromatic heterocycles. The smallest absolute Gasteiger partial charge is 0.311 e. The minimum Gasteiger partial charge on any atom is -0.481 e. The Labute approximate surface area is 112 Å². The van der Waals surface area contributed by atoms with Crippen LogP contribution in [0.2, 0.25) is 0 Å². The van der Waals surface area contributed by atoms with Crippen molar-refractivity contribution in [3.05, 3.63) is 35.4 Å². The third kappa shape index (κ3) is 2.95. The standard InChI is InChI=1S/C15H19NO3/c1-10(2)11-3-5-12(6-4-11)13(17)16-9-15(7-8-15)14(18)19/h3-6,10H,7-9H2,1-2H3,(H,16,17)(H,18,19). The molecule has 0 bridgehead atoms. The summed E-state index contributed by atoms with van der Waals surface area (Å²) < 4.78 is 0. The van der Waals surface area contributed by atoms with Gasteiger partial charge in [-0.1, -0.05) is 26.0 Å². The van der Waals surface area contributed by atoms with Crippen LogP contribution in [0.4, 0.5) is 0 Å². The lowest BCUT2D eigenvalue weighted by Crippen LogP contribution is -2.34. The maximum Gasteiger partial charge on any atom is 0.311 e. The number of benzene rings is 1. The Kier molecular flexibility index (Phi) is 3.60. The molecule has 1 saturated carbocycles. The first kappa shape index (κ1) is 13.6. The highest BCUT2D eigenvalue weighted by atomic mass is 16.4. The number of hydrogen-bond donors (Lipinski definition) is 2. The normalized spacial score (nSPS) is 16.2. The van der Waals surface area contributed by atoms with Crippen LogP contribution in [0.1, 0.15) is 48.5 Å². The van der Waals surface area contributed by atoms with E-state index in [1.54, 1.807) is 12.1 Å². The van der Waals surface area contributed by atoms with Gasteiger partial charge in [0, 0.05) is 12.1 Å². The molecule has 2 N–H and O–H groups in total. The molecule has 0 saturated heterocycles. The predicted molar refractivity (Wildman–Crippen MR) is 72.2 cm³/mol. The van der Waals surface area contributed by atoms with Crippen LogP contribution < -0.4 is 5.32 Å². The van der Waals surface area contributed by atoms with Crippen molar-refractivity contribution in [3.8, 4) is 0 Å². The zero-order chi connectivity index (χ0) is 14.0. The number of carbonyl (C=O) groups excluding carboxylic acids is 1. The van der Waals surface area contributed by atoms with Crippen LogP contribution in [-0.2, 0) is 4.79 Å². The third-order valence-corrected chi connectivity index (χ3v) is 3.73. The first-order valence-corrected chi connectivity index (χ1v) is 6.56. The molecule has 4 heteroatoms. The summed E-state index contributed by atoms with van der Waals surface area (Å²) in [6.45, 7) is 4.41. The Bertz CT molecular complexity index is 487. The Balaban J connectivity index is 1.95. The molecule has 1 aliphatic carbocycles. The van der Waals surface area contributed by atoms with Crippen molar-refractivity contribution in [2.75, 3.05) is 6.54 Å². The Hall–Kier alpha value is -1.84. The Morgan fingerprint density at radius 3 is 2.26 bits per heavy atom. The van der Waals surface area contributed by atoms with Crippen LogP contribution in [0, 0.1) is 5.41 Å². The fourth-order valence-corrected chi connectivity index (χ4v) is 1.99. The van der Waals surface area contributed by atoms with E-state index in [1.165, 1.54) is 5.56 Å². The van der Waals surface area contributed by atoms with Gasteiger partial charge < -0.3 is 10.4 Å². The second-order valence-corrected chi connectivity index (χ2v) is 5.54. The van der Waals surface area contributed by atoms with E-state index in [1.807, 2.05) is 12.1 Å². The summed E-state index contributed by atoms with van der Waals surface area (Å²) in [5.41, 5.74) is 1.04. The average molecular weight is 261 g/mol. The number of nitrogens with one attached hydrogen (secondary N) is 1. The quantitative estimate of drug-likeness (QED) is 0.855. The summed E-state index contributed by atoms with van der Waals surface area (Å²) in [5, 5.41) is 11.7. The highest BCUT2D eigenvalue weighted by Gasteiger charge is 2.50. The second kappa shape index (κ2) is 5.03. The minimum absolute atomic E-state index is 0.206. The van der Waals surface area contributed by atoms with E-state index < -0.39 is 11.4 Å². The van der Waals surface area contributed by atoms with E-state index in [4.69, 9.17) is 5.11 Å². The maximum absolute atomic E-state index is 11.9. The van der Waals surface area contributed by atoms with Crippen molar-refractivity contribution in [2.24, 2.45) is 5.41 Å². The summed E-state index contributed by atoms with van der Waals surface area (Å²) in [6.07, 6.45) is 1.30. The zero-order valence-corrected chi connectivity index (χ0v) is 11.3. The van der Waals surface area contributed by atoms with Gasteiger partial charge in [0.05, 0.1) is 5.41 Å². The topological polar surface area (TPSA) is 66.4 Å². The van der Waals surface area contributed by atoms with Gasteiger partial charge in [-0.3, -0.25) is 9.59 Å². The molecule has 2 rings (SSSR count). The van der Waals surface area contributed by atoms with Gasteiger partial charge in [0.1, 0.15) is 0 Å². The molecule has 0 atom stereocenters. The van der Waals surface area contributed by atoms with E-state index in [0.717, 1.165) is 0 Å². The third-order valence-electron chi connectivity index (χ3n) is 3.73. The number of hydrogen-bond acceptors (Lipinski definition) is 2. The summed E-state index contributed by atoms with van der Waals surface area (Å²) in [5.74, 6) is -0.593. The lowest BCUT2D eigenvalue weighted by Gasteiger charge is -2.11. The molecule has 1 aromatic carbocycles. The van der Waals surface area contributed by atoms with Gasteiger partial charge in [-0.25, -0.2) is 0 Å². The molecular formula is C15H19NO3. The van der Waals surface area contributed by atoms with E-state index in [2.05, 4.69) is 19.2 Å². The van der Waals surface area contributed by atoms with E-state index >= 15 is 0 Å². The molecular weight excluding hydrogens is 242 g/mol. The molecule has 102 valence electrons. The molecule has 0 unspecified atom stereocenters. The van der Waals surface area contributed by atoms with Crippen molar-refractivity contribution >= 4 is 11.9 Å². The predicted octanol–water partition coefficient (Wildman–Crippen LogP) is 2.40. The lowest BCUT2D eigenvalue weighted by molar-refractivity contribution is -0.143. The number of carboxylic acid groups (broad SMARTS) is 1. The van der Waals surface area contributed by atoms with E-state index in [9.17, 15) is 9.59 Å². The molecule has 4 nitrogen and oxygen atoms in total. The second-order valence-electron chi connectivity index (χ2n) is 5.54. The van der Waals surface area contributed by atoms with Gasteiger partial charge in [-0.05, 0) is 36.5 Å². The summed E-state index contributed by atoms with van der Waals surface area (Å²) in [7, 11) is 0. The van der Waals surface area contributed by atoms with Crippen LogP contribution >= 0.6 is 0 Å². The van der Waals surface area contributed by atoms with Crippen LogP contribution in [0.15, 0.2) is 24.3 Å². The number of amides is 1. The van der Waals surface area contributed by atoms with Crippen molar-refractivity contribution in [2.45, 2.75) is 32.6 Å². The first-order chi connectivity index (χ1) is 8.94. The van der Waals surface area contributed by atoms with Crippen LogP contribution in [0.5, 0.6) is 0 Å². The number of rotatable bonds is 5. The van der Waals surface area contributed by atoms with Gasteiger partial charge in [-0.15, -0.1) is 0 Å². The van der Waals surface area contributed by atoms with Crippen LogP contribution in [0.3, 0.4) is 0 Å². The van der Waals surface area contributed by atoms with Crippen molar-refractivity contribution in [1.82, 2.24) is 5.32 Å². The summed E-state index contributed by atoms with van der Waals surface area (Å²) in [6, 6.07) is 7.43. The molecule has 1 amide bonds. The first-order valence-electron chi connectivity index (χ1n) is 6.56. The van der Waals surface area contributed by atoms with Gasteiger partial charge in [-0.2, -0.15) is 0 Å². The average Bonchev–Trinajstić information content (AvgIpc) is 3.17. The van der Waals surface area contributed by atoms with Crippen LogP contribution in [0.25, 0.3) is 0 Å². The Morgan fingerprint density at radius 1 is 1.26 bits per heavy atom. The maximum atomic E-state index is 11.9. The van der Waals surface area contributed by atoms with Gasteiger partial charge in [0.25, 0.3) is 5.91 Å². The van der Waals surface area contributed by atoms with Crippen molar-refractivity contribution in [1.29, 1.82) is 0 Å². The molecule has 0 heterocycles. The fourth-order valence-electron chi connectivity index (χ4n) is 1.99. The van der Waals surface area contributed by atoms with Crippen LogP contribution in [-0.4, -0.2) is 23.5 Å². The molecule has 0 aliphatic heterocycles. The van der Waals surface area contributed by atoms with Crippen molar-refractivity contribution < 1.29 is 14.7 Å². The highest BCUT2D eigenvalue weighted by Crippen LogP contribution is 2.45. The van der Waals surface area contributed by atoms with E-state index in [-0.39, 0.29) is 12.5 Å². The summed E-state index contributed by atoms with van der Waals surface area (Å²) in [4.78, 5) is 22.9. The molecule has 1 aromatic rings. The number of carbonyl (C=O) groups is 2. The monoisotopic (exact) mass is 261 g/mol. The largest absolute Gasteiger partial charge is 0.481 e. The lowest BCUT2D eigenvalue weighted by atomic mass is 10.0.